The van der Waals surface area contributed by atoms with Crippen molar-refractivity contribution >= 4 is 5.69 Å². The number of benzene rings is 1. The highest BCUT2D eigenvalue weighted by molar-refractivity contribution is 5.49. The molecule has 2 N–H and O–H groups in total. The van der Waals surface area contributed by atoms with Gasteiger partial charge in [0.2, 0.25) is 0 Å². The number of halogens is 2. The molecule has 1 unspecified atom stereocenters. The monoisotopic (exact) mass is 212 g/mol. The molecule has 1 fully saturated rings. The van der Waals surface area contributed by atoms with Gasteiger partial charge in [-0.3, -0.25) is 0 Å². The van der Waals surface area contributed by atoms with Gasteiger partial charge in [-0.25, -0.2) is 8.78 Å². The first-order chi connectivity index (χ1) is 6.87. The summed E-state index contributed by atoms with van der Waals surface area (Å²) in [5.41, 5.74) is 5.67. The van der Waals surface area contributed by atoms with Gasteiger partial charge in [0, 0.05) is 26.2 Å². The zero-order valence-electron chi connectivity index (χ0n) is 8.80. The molecule has 0 aromatic heterocycles. The number of rotatable bonds is 2. The minimum absolute atomic E-state index is 0.249. The summed E-state index contributed by atoms with van der Waals surface area (Å²) < 4.78 is 26.0. The van der Waals surface area contributed by atoms with Gasteiger partial charge >= 0.3 is 0 Å². The van der Waals surface area contributed by atoms with Crippen molar-refractivity contribution in [3.63, 3.8) is 0 Å². The third-order valence-corrected chi connectivity index (χ3v) is 2.93. The van der Waals surface area contributed by atoms with Crippen LogP contribution in [0.15, 0.2) is 24.3 Å². The van der Waals surface area contributed by atoms with E-state index in [1.165, 1.54) is 0 Å². The van der Waals surface area contributed by atoms with Gasteiger partial charge in [0.15, 0.2) is 0 Å². The topological polar surface area (TPSA) is 29.3 Å². The lowest BCUT2D eigenvalue weighted by Crippen LogP contribution is -2.27. The molecular formula is C11H14F2N2. The van der Waals surface area contributed by atoms with Crippen LogP contribution in [0.1, 0.15) is 12.0 Å². The average Bonchev–Trinajstić information content (AvgIpc) is 2.67. The van der Waals surface area contributed by atoms with Crippen molar-refractivity contribution < 1.29 is 8.78 Å². The van der Waals surface area contributed by atoms with Gasteiger partial charge in [-0.1, -0.05) is 12.1 Å². The zero-order chi connectivity index (χ0) is 11.3. The molecule has 0 bridgehead atoms. The van der Waals surface area contributed by atoms with Gasteiger partial charge in [0.05, 0.1) is 0 Å². The molecule has 1 saturated carbocycles. The summed E-state index contributed by atoms with van der Waals surface area (Å²) >= 11 is 0. The summed E-state index contributed by atoms with van der Waals surface area (Å²) in [4.78, 5) is 1.91. The molecule has 0 aliphatic heterocycles. The molecule has 1 atom stereocenters. The molecular weight excluding hydrogens is 198 g/mol. The fourth-order valence-electron chi connectivity index (χ4n) is 1.68. The SMILES string of the molecule is CN(C)c1ccc(C2(N)CC2(F)F)cc1. The van der Waals surface area contributed by atoms with Crippen LogP contribution >= 0.6 is 0 Å². The van der Waals surface area contributed by atoms with E-state index in [-0.39, 0.29) is 6.42 Å². The average molecular weight is 212 g/mol. The molecule has 1 aliphatic carbocycles. The fraction of sp³-hybridized carbons (Fsp3) is 0.455. The minimum atomic E-state index is -2.74. The molecule has 4 heteroatoms. The van der Waals surface area contributed by atoms with Crippen LogP contribution in [-0.4, -0.2) is 20.0 Å². The molecule has 2 nitrogen and oxygen atoms in total. The predicted molar refractivity (Wildman–Crippen MR) is 56.2 cm³/mol. The van der Waals surface area contributed by atoms with Crippen molar-refractivity contribution in [2.75, 3.05) is 19.0 Å². The number of anilines is 1. The molecule has 0 saturated heterocycles. The largest absolute Gasteiger partial charge is 0.378 e. The number of hydrogen-bond acceptors (Lipinski definition) is 2. The van der Waals surface area contributed by atoms with Crippen molar-refractivity contribution in [3.05, 3.63) is 29.8 Å². The summed E-state index contributed by atoms with van der Waals surface area (Å²) in [5, 5.41) is 0. The Bertz CT molecular complexity index is 373. The normalized spacial score (nSPS) is 27.5. The molecule has 82 valence electrons. The molecule has 2 rings (SSSR count). The van der Waals surface area contributed by atoms with Crippen molar-refractivity contribution in [1.29, 1.82) is 0 Å². The van der Waals surface area contributed by atoms with E-state index in [2.05, 4.69) is 0 Å². The van der Waals surface area contributed by atoms with E-state index < -0.39 is 11.5 Å². The van der Waals surface area contributed by atoms with Crippen LogP contribution in [0.2, 0.25) is 0 Å². The van der Waals surface area contributed by atoms with Gasteiger partial charge in [-0.05, 0) is 17.7 Å². The molecule has 1 aromatic carbocycles. The maximum atomic E-state index is 13.0. The van der Waals surface area contributed by atoms with Crippen LogP contribution in [-0.2, 0) is 5.54 Å². The number of hydrogen-bond donors (Lipinski definition) is 1. The smallest absolute Gasteiger partial charge is 0.272 e. The van der Waals surface area contributed by atoms with Crippen LogP contribution in [0, 0.1) is 0 Å². The Hall–Kier alpha value is -1.16. The molecule has 1 aliphatic rings. The van der Waals surface area contributed by atoms with E-state index in [1.807, 2.05) is 19.0 Å². The maximum Gasteiger partial charge on any atom is 0.272 e. The van der Waals surface area contributed by atoms with Gasteiger partial charge in [0.25, 0.3) is 5.92 Å². The van der Waals surface area contributed by atoms with E-state index in [1.54, 1.807) is 24.3 Å². The maximum absolute atomic E-state index is 13.0. The summed E-state index contributed by atoms with van der Waals surface area (Å²) in [6, 6.07) is 6.96. The van der Waals surface area contributed by atoms with E-state index in [9.17, 15) is 8.78 Å². The number of alkyl halides is 2. The Morgan fingerprint density at radius 3 is 2.00 bits per heavy atom. The first-order valence-corrected chi connectivity index (χ1v) is 4.81. The molecule has 1 aromatic rings. The zero-order valence-corrected chi connectivity index (χ0v) is 8.80. The van der Waals surface area contributed by atoms with Crippen molar-refractivity contribution in [2.45, 2.75) is 17.9 Å². The highest BCUT2D eigenvalue weighted by Crippen LogP contribution is 2.57. The Labute approximate surface area is 87.7 Å². The first-order valence-electron chi connectivity index (χ1n) is 4.81. The fourth-order valence-corrected chi connectivity index (χ4v) is 1.68. The van der Waals surface area contributed by atoms with Gasteiger partial charge in [-0.15, -0.1) is 0 Å². The van der Waals surface area contributed by atoms with Gasteiger partial charge in [0.1, 0.15) is 5.54 Å². The van der Waals surface area contributed by atoms with Crippen LogP contribution < -0.4 is 10.6 Å². The van der Waals surface area contributed by atoms with Crippen molar-refractivity contribution in [2.24, 2.45) is 5.73 Å². The van der Waals surface area contributed by atoms with Crippen LogP contribution in [0.25, 0.3) is 0 Å². The highest BCUT2D eigenvalue weighted by Gasteiger charge is 2.69. The molecule has 15 heavy (non-hydrogen) atoms. The van der Waals surface area contributed by atoms with E-state index >= 15 is 0 Å². The van der Waals surface area contributed by atoms with E-state index in [0.717, 1.165) is 5.69 Å². The lowest BCUT2D eigenvalue weighted by atomic mass is 10.0. The lowest BCUT2D eigenvalue weighted by molar-refractivity contribution is 0.0891. The van der Waals surface area contributed by atoms with Crippen molar-refractivity contribution in [3.8, 4) is 0 Å². The summed E-state index contributed by atoms with van der Waals surface area (Å²) in [5.74, 6) is -2.74. The third-order valence-electron chi connectivity index (χ3n) is 2.93. The van der Waals surface area contributed by atoms with E-state index in [0.29, 0.717) is 5.56 Å². The third kappa shape index (κ3) is 1.49. The Kier molecular flexibility index (Phi) is 2.01. The Balaban J connectivity index is 2.26. The first kappa shape index (κ1) is 10.4. The Morgan fingerprint density at radius 2 is 1.67 bits per heavy atom. The van der Waals surface area contributed by atoms with Crippen LogP contribution in [0.3, 0.4) is 0 Å². The van der Waals surface area contributed by atoms with Crippen molar-refractivity contribution in [1.82, 2.24) is 0 Å². The summed E-state index contributed by atoms with van der Waals surface area (Å²) in [6.45, 7) is 0. The summed E-state index contributed by atoms with van der Waals surface area (Å²) in [6.07, 6.45) is -0.249. The van der Waals surface area contributed by atoms with Crippen LogP contribution in [0.4, 0.5) is 14.5 Å². The molecule has 0 radical (unpaired) electrons. The second kappa shape index (κ2) is 2.92. The second-order valence-electron chi connectivity index (χ2n) is 4.29. The summed E-state index contributed by atoms with van der Waals surface area (Å²) in [7, 11) is 3.80. The second-order valence-corrected chi connectivity index (χ2v) is 4.29. The molecule has 0 spiro atoms. The highest BCUT2D eigenvalue weighted by atomic mass is 19.3. The van der Waals surface area contributed by atoms with Gasteiger partial charge in [-0.2, -0.15) is 0 Å². The quantitative estimate of drug-likeness (QED) is 0.811. The molecule has 0 heterocycles. The predicted octanol–water partition coefficient (Wildman–Crippen LogP) is 1.95. The standard InChI is InChI=1S/C11H14F2N2/c1-15(2)9-5-3-8(4-6-9)10(14)7-11(10,12)13/h3-6H,7,14H2,1-2H3. The lowest BCUT2D eigenvalue weighted by Gasteiger charge is -2.15. The minimum Gasteiger partial charge on any atom is -0.378 e. The van der Waals surface area contributed by atoms with Gasteiger partial charge < -0.3 is 10.6 Å². The number of nitrogens with zero attached hydrogens (tertiary/aromatic N) is 1. The molecule has 0 amide bonds. The Morgan fingerprint density at radius 1 is 1.20 bits per heavy atom. The van der Waals surface area contributed by atoms with E-state index in [4.69, 9.17) is 5.73 Å². The number of nitrogens with two attached hydrogens (primary N) is 1. The van der Waals surface area contributed by atoms with Crippen LogP contribution in [0.5, 0.6) is 0 Å².